The molecule has 0 heterocycles. The van der Waals surface area contributed by atoms with Gasteiger partial charge in [-0.3, -0.25) is 4.18 Å². The van der Waals surface area contributed by atoms with Crippen LogP contribution in [0, 0.1) is 6.92 Å². The van der Waals surface area contributed by atoms with Crippen molar-refractivity contribution in [2.24, 2.45) is 0 Å². The van der Waals surface area contributed by atoms with Crippen LogP contribution < -0.4 is 0 Å². The number of benzene rings is 2. The number of rotatable bonds is 16. The topological polar surface area (TPSA) is 52.6 Å². The van der Waals surface area contributed by atoms with Gasteiger partial charge < -0.3 is 4.74 Å². The van der Waals surface area contributed by atoms with Crippen molar-refractivity contribution in [3.8, 4) is 0 Å². The van der Waals surface area contributed by atoms with Crippen LogP contribution in [0.1, 0.15) is 68.9 Å². The molecule has 0 aromatic heterocycles. The van der Waals surface area contributed by atoms with Gasteiger partial charge >= 0.3 is 0 Å². The molecule has 0 N–H and O–H groups in total. The van der Waals surface area contributed by atoms with Gasteiger partial charge in [0.1, 0.15) is 0 Å². The Kier molecular flexibility index (Phi) is 11.7. The largest absolute Gasteiger partial charge is 0.377 e. The van der Waals surface area contributed by atoms with E-state index in [4.69, 9.17) is 8.92 Å². The standard InChI is InChI=1S/C25H36O4S/c1-23-15-14-18-25(21-23)30(26,27)29-20-13-8-6-4-2-3-5-7-12-19-28-22-24-16-10-9-11-17-24/h9-11,14-18,21H,2-8,12-13,19-20,22H2,1H3. The first kappa shape index (κ1) is 24.6. The molecule has 0 saturated heterocycles. The minimum Gasteiger partial charge on any atom is -0.377 e. The van der Waals surface area contributed by atoms with Crippen molar-refractivity contribution in [2.45, 2.75) is 76.2 Å². The van der Waals surface area contributed by atoms with Gasteiger partial charge in [0.15, 0.2) is 0 Å². The van der Waals surface area contributed by atoms with Crippen LogP contribution in [-0.2, 0) is 25.6 Å². The zero-order valence-electron chi connectivity index (χ0n) is 18.2. The third-order valence-electron chi connectivity index (χ3n) is 5.06. The van der Waals surface area contributed by atoms with Crippen LogP contribution in [0.3, 0.4) is 0 Å². The van der Waals surface area contributed by atoms with E-state index in [1.807, 2.05) is 31.2 Å². The summed E-state index contributed by atoms with van der Waals surface area (Å²) in [5.41, 5.74) is 2.15. The van der Waals surface area contributed by atoms with Crippen molar-refractivity contribution >= 4 is 10.1 Å². The summed E-state index contributed by atoms with van der Waals surface area (Å²) in [6.45, 7) is 3.68. The van der Waals surface area contributed by atoms with Gasteiger partial charge in [0.05, 0.1) is 18.1 Å². The fourth-order valence-electron chi connectivity index (χ4n) is 3.32. The Morgan fingerprint density at radius 3 is 1.93 bits per heavy atom. The number of ether oxygens (including phenoxy) is 1. The van der Waals surface area contributed by atoms with E-state index in [9.17, 15) is 8.42 Å². The molecule has 0 spiro atoms. The Bertz CT molecular complexity index is 803. The molecular weight excluding hydrogens is 396 g/mol. The highest BCUT2D eigenvalue weighted by molar-refractivity contribution is 7.86. The predicted molar refractivity (Wildman–Crippen MR) is 122 cm³/mol. The molecule has 166 valence electrons. The lowest BCUT2D eigenvalue weighted by Crippen LogP contribution is -2.07. The minimum absolute atomic E-state index is 0.243. The van der Waals surface area contributed by atoms with Crippen LogP contribution in [0.15, 0.2) is 59.5 Å². The molecule has 0 aliphatic heterocycles. The molecule has 0 fully saturated rings. The van der Waals surface area contributed by atoms with Crippen molar-refractivity contribution < 1.29 is 17.3 Å². The zero-order valence-corrected chi connectivity index (χ0v) is 19.0. The van der Waals surface area contributed by atoms with E-state index >= 15 is 0 Å². The molecule has 0 atom stereocenters. The lowest BCUT2D eigenvalue weighted by Gasteiger charge is -2.07. The van der Waals surface area contributed by atoms with Crippen LogP contribution in [0.5, 0.6) is 0 Å². The van der Waals surface area contributed by atoms with Gasteiger partial charge in [0, 0.05) is 6.61 Å². The SMILES string of the molecule is Cc1cccc(S(=O)(=O)OCCCCCCCCCCCOCc2ccccc2)c1. The zero-order chi connectivity index (χ0) is 21.5. The van der Waals surface area contributed by atoms with Crippen molar-refractivity contribution in [1.82, 2.24) is 0 Å². The summed E-state index contributed by atoms with van der Waals surface area (Å²) in [4.78, 5) is 0.243. The van der Waals surface area contributed by atoms with E-state index in [1.54, 1.807) is 18.2 Å². The average Bonchev–Trinajstić information content (AvgIpc) is 2.74. The number of aryl methyl sites for hydroxylation is 1. The van der Waals surface area contributed by atoms with E-state index in [2.05, 4.69) is 12.1 Å². The van der Waals surface area contributed by atoms with Gasteiger partial charge in [-0.2, -0.15) is 8.42 Å². The Morgan fingerprint density at radius 1 is 0.700 bits per heavy atom. The summed E-state index contributed by atoms with van der Waals surface area (Å²) >= 11 is 0. The second-order valence-electron chi connectivity index (χ2n) is 7.81. The fraction of sp³-hybridized carbons (Fsp3) is 0.520. The smallest absolute Gasteiger partial charge is 0.296 e. The molecule has 0 unspecified atom stereocenters. The third kappa shape index (κ3) is 10.4. The van der Waals surface area contributed by atoms with Gasteiger partial charge in [-0.25, -0.2) is 0 Å². The summed E-state index contributed by atoms with van der Waals surface area (Å²) in [6.07, 6.45) is 10.2. The Labute approximate surface area is 182 Å². The first-order valence-electron chi connectivity index (χ1n) is 11.2. The summed E-state index contributed by atoms with van der Waals surface area (Å²) in [5.74, 6) is 0. The van der Waals surface area contributed by atoms with Gasteiger partial charge in [-0.05, 0) is 43.0 Å². The maximum Gasteiger partial charge on any atom is 0.296 e. The predicted octanol–water partition coefficient (Wildman–Crippen LogP) is 6.43. The van der Waals surface area contributed by atoms with E-state index in [1.165, 1.54) is 37.7 Å². The highest BCUT2D eigenvalue weighted by Crippen LogP contribution is 2.15. The number of hydrogen-bond acceptors (Lipinski definition) is 4. The molecule has 2 rings (SSSR count). The molecule has 0 bridgehead atoms. The maximum absolute atomic E-state index is 12.1. The molecule has 0 amide bonds. The molecule has 0 radical (unpaired) electrons. The van der Waals surface area contributed by atoms with Crippen LogP contribution in [0.2, 0.25) is 0 Å². The molecule has 4 nitrogen and oxygen atoms in total. The monoisotopic (exact) mass is 432 g/mol. The Balaban J connectivity index is 1.37. The summed E-state index contributed by atoms with van der Waals surface area (Å²) in [7, 11) is -3.62. The Hall–Kier alpha value is -1.69. The van der Waals surface area contributed by atoms with Crippen LogP contribution >= 0.6 is 0 Å². The van der Waals surface area contributed by atoms with Crippen LogP contribution in [0.4, 0.5) is 0 Å². The normalized spacial score (nSPS) is 11.6. The number of unbranched alkanes of at least 4 members (excludes halogenated alkanes) is 8. The van der Waals surface area contributed by atoms with E-state index in [0.717, 1.165) is 37.9 Å². The van der Waals surface area contributed by atoms with E-state index in [-0.39, 0.29) is 11.5 Å². The van der Waals surface area contributed by atoms with Crippen molar-refractivity contribution in [2.75, 3.05) is 13.2 Å². The van der Waals surface area contributed by atoms with Crippen LogP contribution in [-0.4, -0.2) is 21.6 Å². The quantitative estimate of drug-likeness (QED) is 0.227. The highest BCUT2D eigenvalue weighted by atomic mass is 32.2. The molecule has 5 heteroatoms. The van der Waals surface area contributed by atoms with E-state index in [0.29, 0.717) is 6.61 Å². The van der Waals surface area contributed by atoms with Gasteiger partial charge in [0.25, 0.3) is 10.1 Å². The van der Waals surface area contributed by atoms with Crippen molar-refractivity contribution in [1.29, 1.82) is 0 Å². The van der Waals surface area contributed by atoms with Crippen LogP contribution in [0.25, 0.3) is 0 Å². The summed E-state index contributed by atoms with van der Waals surface area (Å²) < 4.78 is 35.1. The van der Waals surface area contributed by atoms with Gasteiger partial charge in [-0.15, -0.1) is 0 Å². The molecule has 0 saturated carbocycles. The number of hydrogen-bond donors (Lipinski definition) is 0. The average molecular weight is 433 g/mol. The molecule has 2 aromatic carbocycles. The first-order chi connectivity index (χ1) is 14.6. The molecule has 2 aromatic rings. The highest BCUT2D eigenvalue weighted by Gasteiger charge is 2.14. The molecule has 0 aliphatic carbocycles. The van der Waals surface area contributed by atoms with Gasteiger partial charge in [-0.1, -0.05) is 87.4 Å². The minimum atomic E-state index is -3.62. The van der Waals surface area contributed by atoms with Crippen molar-refractivity contribution in [3.63, 3.8) is 0 Å². The molecule has 0 aliphatic rings. The lowest BCUT2D eigenvalue weighted by atomic mass is 10.1. The summed E-state index contributed by atoms with van der Waals surface area (Å²) in [6, 6.07) is 17.1. The Morgan fingerprint density at radius 2 is 1.30 bits per heavy atom. The maximum atomic E-state index is 12.1. The van der Waals surface area contributed by atoms with Crippen molar-refractivity contribution in [3.05, 3.63) is 65.7 Å². The lowest BCUT2D eigenvalue weighted by molar-refractivity contribution is 0.116. The fourth-order valence-corrected chi connectivity index (χ4v) is 4.36. The van der Waals surface area contributed by atoms with Gasteiger partial charge in [0.2, 0.25) is 0 Å². The molecule has 30 heavy (non-hydrogen) atoms. The summed E-state index contributed by atoms with van der Waals surface area (Å²) in [5, 5.41) is 0. The second kappa shape index (κ2) is 14.3. The molecular formula is C25H36O4S. The first-order valence-corrected chi connectivity index (χ1v) is 12.6. The van der Waals surface area contributed by atoms with E-state index < -0.39 is 10.1 Å². The second-order valence-corrected chi connectivity index (χ2v) is 9.43. The third-order valence-corrected chi connectivity index (χ3v) is 6.37.